The number of hydrogen-bond acceptors (Lipinski definition) is 4. The second-order valence-electron chi connectivity index (χ2n) is 4.34. The molecule has 2 aliphatic heterocycles. The van der Waals surface area contributed by atoms with E-state index < -0.39 is 0 Å². The summed E-state index contributed by atoms with van der Waals surface area (Å²) in [6, 6.07) is -0.243. The summed E-state index contributed by atoms with van der Waals surface area (Å²) in [6.07, 6.45) is 2.61. The van der Waals surface area contributed by atoms with Gasteiger partial charge in [-0.1, -0.05) is 0 Å². The molecular formula is C11H16N4OS. The van der Waals surface area contributed by atoms with E-state index in [1.165, 1.54) is 0 Å². The van der Waals surface area contributed by atoms with E-state index in [9.17, 15) is 4.79 Å². The number of thioether (sulfide) groups is 1. The average molecular weight is 252 g/mol. The van der Waals surface area contributed by atoms with E-state index in [1.54, 1.807) is 6.33 Å². The Morgan fingerprint density at radius 1 is 1.47 bits per heavy atom. The monoisotopic (exact) mass is 252 g/mol. The molecule has 6 heteroatoms. The summed E-state index contributed by atoms with van der Waals surface area (Å²) in [6.45, 7) is 2.57. The molecule has 3 heterocycles. The predicted molar refractivity (Wildman–Crippen MR) is 66.9 cm³/mol. The lowest BCUT2D eigenvalue weighted by atomic mass is 10.0. The molecule has 92 valence electrons. The summed E-state index contributed by atoms with van der Waals surface area (Å²) in [5, 5.41) is 3.28. The summed E-state index contributed by atoms with van der Waals surface area (Å²) in [4.78, 5) is 21.8. The Labute approximate surface area is 104 Å². The molecule has 2 aliphatic rings. The molecule has 1 aromatic rings. The molecule has 0 bridgehead atoms. The molecule has 1 atom stereocenters. The quantitative estimate of drug-likeness (QED) is 0.748. The number of carbonyl (C=O) groups is 1. The largest absolute Gasteiger partial charge is 0.348 e. The molecule has 3 rings (SSSR count). The van der Waals surface area contributed by atoms with Gasteiger partial charge in [0.15, 0.2) is 0 Å². The van der Waals surface area contributed by atoms with Crippen LogP contribution < -0.4 is 5.32 Å². The van der Waals surface area contributed by atoms with Crippen molar-refractivity contribution < 1.29 is 4.79 Å². The van der Waals surface area contributed by atoms with Crippen LogP contribution >= 0.6 is 11.8 Å². The zero-order chi connectivity index (χ0) is 11.7. The van der Waals surface area contributed by atoms with Gasteiger partial charge in [0, 0.05) is 43.3 Å². The van der Waals surface area contributed by atoms with E-state index >= 15 is 0 Å². The van der Waals surface area contributed by atoms with Crippen LogP contribution in [0.1, 0.15) is 17.4 Å². The molecule has 2 N–H and O–H groups in total. The zero-order valence-electron chi connectivity index (χ0n) is 9.61. The van der Waals surface area contributed by atoms with Gasteiger partial charge in [-0.2, -0.15) is 11.8 Å². The van der Waals surface area contributed by atoms with Crippen molar-refractivity contribution in [2.75, 3.05) is 31.1 Å². The van der Waals surface area contributed by atoms with Gasteiger partial charge >= 0.3 is 0 Å². The van der Waals surface area contributed by atoms with E-state index in [2.05, 4.69) is 15.3 Å². The molecule has 17 heavy (non-hydrogen) atoms. The number of amides is 1. The van der Waals surface area contributed by atoms with Gasteiger partial charge in [0.1, 0.15) is 6.04 Å². The van der Waals surface area contributed by atoms with Crippen molar-refractivity contribution in [1.82, 2.24) is 20.2 Å². The maximum Gasteiger partial charge on any atom is 0.246 e. The number of nitrogens with one attached hydrogen (secondary N) is 2. The van der Waals surface area contributed by atoms with E-state index in [0.717, 1.165) is 48.9 Å². The molecule has 5 nitrogen and oxygen atoms in total. The molecule has 1 saturated heterocycles. The molecule has 1 amide bonds. The molecular weight excluding hydrogens is 236 g/mol. The van der Waals surface area contributed by atoms with Crippen LogP contribution in [0, 0.1) is 0 Å². The van der Waals surface area contributed by atoms with Crippen LogP contribution in [-0.4, -0.2) is 51.9 Å². The minimum absolute atomic E-state index is 0.179. The van der Waals surface area contributed by atoms with Crippen molar-refractivity contribution in [3.63, 3.8) is 0 Å². The summed E-state index contributed by atoms with van der Waals surface area (Å²) in [5.74, 6) is 2.27. The van der Waals surface area contributed by atoms with Gasteiger partial charge in [-0.15, -0.1) is 0 Å². The summed E-state index contributed by atoms with van der Waals surface area (Å²) >= 11 is 1.91. The Morgan fingerprint density at radius 3 is 3.12 bits per heavy atom. The first-order valence-corrected chi connectivity index (χ1v) is 7.14. The molecule has 1 fully saturated rings. The molecule has 0 aromatic carbocycles. The second kappa shape index (κ2) is 4.70. The highest BCUT2D eigenvalue weighted by molar-refractivity contribution is 7.99. The highest BCUT2D eigenvalue weighted by Crippen LogP contribution is 2.22. The lowest BCUT2D eigenvalue weighted by Crippen LogP contribution is -2.46. The summed E-state index contributed by atoms with van der Waals surface area (Å²) in [5.41, 5.74) is 1.99. The number of imidazole rings is 1. The molecule has 0 spiro atoms. The van der Waals surface area contributed by atoms with Crippen LogP contribution in [-0.2, 0) is 11.2 Å². The van der Waals surface area contributed by atoms with Crippen LogP contribution in [0.25, 0.3) is 0 Å². The number of nitrogens with zero attached hydrogens (tertiary/aromatic N) is 2. The number of carbonyl (C=O) groups excluding carboxylic acids is 1. The molecule has 0 unspecified atom stereocenters. The number of aromatic amines is 1. The van der Waals surface area contributed by atoms with Gasteiger partial charge in [0.25, 0.3) is 0 Å². The Morgan fingerprint density at radius 2 is 2.29 bits per heavy atom. The third-order valence-electron chi connectivity index (χ3n) is 3.32. The maximum absolute atomic E-state index is 12.4. The predicted octanol–water partition coefficient (Wildman–Crippen LogP) is 0.172. The molecule has 1 aromatic heterocycles. The fourth-order valence-corrected chi connectivity index (χ4v) is 3.29. The Balaban J connectivity index is 1.79. The van der Waals surface area contributed by atoms with Crippen LogP contribution in [0.5, 0.6) is 0 Å². The van der Waals surface area contributed by atoms with Gasteiger partial charge in [-0.05, 0) is 0 Å². The van der Waals surface area contributed by atoms with Crippen LogP contribution in [0.3, 0.4) is 0 Å². The van der Waals surface area contributed by atoms with E-state index in [1.807, 2.05) is 16.7 Å². The molecule has 0 radical (unpaired) electrons. The first-order chi connectivity index (χ1) is 8.36. The lowest BCUT2D eigenvalue weighted by Gasteiger charge is -2.31. The summed E-state index contributed by atoms with van der Waals surface area (Å²) in [7, 11) is 0. The average Bonchev–Trinajstić information content (AvgIpc) is 2.87. The number of H-pyrrole nitrogens is 1. The van der Waals surface area contributed by atoms with Crippen LogP contribution in [0.2, 0.25) is 0 Å². The van der Waals surface area contributed by atoms with Crippen LogP contribution in [0.15, 0.2) is 6.33 Å². The first-order valence-electron chi connectivity index (χ1n) is 5.98. The van der Waals surface area contributed by atoms with Gasteiger partial charge in [0.2, 0.25) is 5.91 Å². The van der Waals surface area contributed by atoms with Gasteiger partial charge < -0.3 is 15.2 Å². The number of aromatic nitrogens is 2. The third-order valence-corrected chi connectivity index (χ3v) is 4.26. The SMILES string of the molecule is O=C([C@@H]1NCCc2[nH]cnc21)N1CCSCC1. The van der Waals surface area contributed by atoms with E-state index in [0.29, 0.717) is 0 Å². The summed E-state index contributed by atoms with van der Waals surface area (Å²) < 4.78 is 0. The lowest BCUT2D eigenvalue weighted by molar-refractivity contribution is -0.133. The van der Waals surface area contributed by atoms with E-state index in [4.69, 9.17) is 0 Å². The number of rotatable bonds is 1. The fourth-order valence-electron chi connectivity index (χ4n) is 2.39. The number of hydrogen-bond donors (Lipinski definition) is 2. The zero-order valence-corrected chi connectivity index (χ0v) is 10.4. The van der Waals surface area contributed by atoms with Crippen molar-refractivity contribution in [3.05, 3.63) is 17.7 Å². The van der Waals surface area contributed by atoms with Crippen LogP contribution in [0.4, 0.5) is 0 Å². The maximum atomic E-state index is 12.4. The van der Waals surface area contributed by atoms with Gasteiger partial charge in [-0.3, -0.25) is 4.79 Å². The minimum atomic E-state index is -0.243. The smallest absolute Gasteiger partial charge is 0.246 e. The molecule has 0 saturated carbocycles. The van der Waals surface area contributed by atoms with E-state index in [-0.39, 0.29) is 11.9 Å². The standard InChI is InChI=1S/C11H16N4OS/c16-11(15-3-5-17-6-4-15)10-9-8(1-2-12-10)13-7-14-9/h7,10,12H,1-6H2,(H,13,14)/t10-/m1/s1. The van der Waals surface area contributed by atoms with Crippen molar-refractivity contribution >= 4 is 17.7 Å². The molecule has 0 aliphatic carbocycles. The number of fused-ring (bicyclic) bond motifs is 1. The van der Waals surface area contributed by atoms with Gasteiger partial charge in [-0.25, -0.2) is 4.98 Å². The topological polar surface area (TPSA) is 61.0 Å². The Hall–Kier alpha value is -1.01. The highest BCUT2D eigenvalue weighted by Gasteiger charge is 2.32. The van der Waals surface area contributed by atoms with Gasteiger partial charge in [0.05, 0.1) is 12.0 Å². The Kier molecular flexibility index (Phi) is 3.07. The van der Waals surface area contributed by atoms with Crippen molar-refractivity contribution in [2.24, 2.45) is 0 Å². The first kappa shape index (κ1) is 11.1. The second-order valence-corrected chi connectivity index (χ2v) is 5.57. The minimum Gasteiger partial charge on any atom is -0.348 e. The fraction of sp³-hybridized carbons (Fsp3) is 0.636. The normalized spacial score (nSPS) is 24.5. The van der Waals surface area contributed by atoms with Crippen molar-refractivity contribution in [1.29, 1.82) is 0 Å². The van der Waals surface area contributed by atoms with Crippen molar-refractivity contribution in [3.8, 4) is 0 Å². The third kappa shape index (κ3) is 2.07. The highest BCUT2D eigenvalue weighted by atomic mass is 32.2. The van der Waals surface area contributed by atoms with Crippen molar-refractivity contribution in [2.45, 2.75) is 12.5 Å². The Bertz CT molecular complexity index is 413.